The van der Waals surface area contributed by atoms with E-state index >= 15 is 0 Å². The van der Waals surface area contributed by atoms with E-state index in [1.165, 1.54) is 0 Å². The zero-order valence-electron chi connectivity index (χ0n) is 5.81. The number of carbonyl (C=O) groups is 1. The molecule has 10 heteroatoms. The molecular weight excluding hydrogens is 214 g/mol. The van der Waals surface area contributed by atoms with Crippen LogP contribution in [-0.2, 0) is 4.74 Å². The maximum absolute atomic E-state index is 12.0. The summed E-state index contributed by atoms with van der Waals surface area (Å²) in [7, 11) is 0. The van der Waals surface area contributed by atoms with Crippen LogP contribution in [-0.4, -0.2) is 27.8 Å². The highest BCUT2D eigenvalue weighted by atomic mass is 35.5. The van der Waals surface area contributed by atoms with E-state index in [0.717, 1.165) is 0 Å². The van der Waals surface area contributed by atoms with Crippen molar-refractivity contribution in [1.82, 2.24) is 0 Å². The van der Waals surface area contributed by atoms with E-state index in [9.17, 15) is 29.4 Å². The van der Waals surface area contributed by atoms with Gasteiger partial charge in [0.25, 0.3) is 6.67 Å². The lowest BCUT2D eigenvalue weighted by Crippen LogP contribution is -2.51. The van der Waals surface area contributed by atoms with Crippen LogP contribution in [0.3, 0.4) is 0 Å². The van der Waals surface area contributed by atoms with Gasteiger partial charge >= 0.3 is 11.3 Å². The molecule has 0 saturated carbocycles. The third kappa shape index (κ3) is 2.21. The second kappa shape index (κ2) is 3.94. The van der Waals surface area contributed by atoms with Gasteiger partial charge in [-0.15, -0.1) is 0 Å². The molecule has 0 amide bonds. The lowest BCUT2D eigenvalue weighted by atomic mass is 10.5. The van der Waals surface area contributed by atoms with Crippen molar-refractivity contribution in [2.24, 2.45) is 0 Å². The summed E-state index contributed by atoms with van der Waals surface area (Å²) in [5.41, 5.74) is -1.83. The van der Waals surface area contributed by atoms with Gasteiger partial charge in [0, 0.05) is 11.6 Å². The molecule has 0 saturated heterocycles. The third-order valence-electron chi connectivity index (χ3n) is 0.988. The van der Waals surface area contributed by atoms with Gasteiger partial charge in [0.05, 0.1) is 0 Å². The van der Waals surface area contributed by atoms with Crippen LogP contribution < -0.4 is 0 Å². The molecule has 0 aliphatic rings. The molecule has 0 atom stereocenters. The number of ether oxygens (including phenoxy) is 1. The predicted molar refractivity (Wildman–Crippen MR) is 35.0 cm³/mol. The fraction of sp³-hybridized carbons (Fsp3) is 0.667. The molecule has 74 valence electrons. The van der Waals surface area contributed by atoms with Gasteiger partial charge < -0.3 is 4.74 Å². The van der Waals surface area contributed by atoms with Gasteiger partial charge in [-0.25, -0.2) is 9.18 Å². The first-order chi connectivity index (χ1) is 5.86. The van der Waals surface area contributed by atoms with Crippen molar-refractivity contribution in [3.63, 3.8) is 0 Å². The summed E-state index contributed by atoms with van der Waals surface area (Å²) < 4.78 is 15.4. The van der Waals surface area contributed by atoms with Crippen molar-refractivity contribution in [2.45, 2.75) is 5.85 Å². The second-order valence-corrected chi connectivity index (χ2v) is 2.04. The summed E-state index contributed by atoms with van der Waals surface area (Å²) in [5, 5.41) is 20.0. The maximum atomic E-state index is 12.0. The Labute approximate surface area is 74.5 Å². The van der Waals surface area contributed by atoms with Gasteiger partial charge in [-0.2, -0.15) is 0 Å². The lowest BCUT2D eigenvalue weighted by molar-refractivity contribution is -0.842. The van der Waals surface area contributed by atoms with Crippen molar-refractivity contribution in [3.05, 3.63) is 20.2 Å². The molecule has 0 spiro atoms. The molecule has 0 aromatic rings. The van der Waals surface area contributed by atoms with Crippen molar-refractivity contribution in [1.29, 1.82) is 0 Å². The Bertz CT molecular complexity index is 242. The van der Waals surface area contributed by atoms with E-state index in [0.29, 0.717) is 0 Å². The summed E-state index contributed by atoms with van der Waals surface area (Å²) in [6, 6.07) is 0. The van der Waals surface area contributed by atoms with Gasteiger partial charge in [0.1, 0.15) is 9.85 Å². The number of hydrogen-bond donors (Lipinski definition) is 0. The Balaban J connectivity index is 4.98. The zero-order valence-corrected chi connectivity index (χ0v) is 6.56. The molecule has 8 nitrogen and oxygen atoms in total. The van der Waals surface area contributed by atoms with Crippen LogP contribution in [0.25, 0.3) is 0 Å². The highest BCUT2D eigenvalue weighted by Crippen LogP contribution is 2.15. The number of carbonyl (C=O) groups excluding carboxylic acids is 1. The van der Waals surface area contributed by atoms with Crippen molar-refractivity contribution in [3.8, 4) is 0 Å². The molecule has 0 rings (SSSR count). The normalized spacial score (nSPS) is 10.6. The van der Waals surface area contributed by atoms with E-state index in [4.69, 9.17) is 0 Å². The Kier molecular flexibility index (Phi) is 3.48. The highest BCUT2D eigenvalue weighted by Gasteiger charge is 2.62. The summed E-state index contributed by atoms with van der Waals surface area (Å²) in [4.78, 5) is 26.7. The minimum Gasteiger partial charge on any atom is -0.321 e. The van der Waals surface area contributed by atoms with E-state index in [1.54, 1.807) is 0 Å². The lowest BCUT2D eigenvalue weighted by Gasteiger charge is -2.10. The van der Waals surface area contributed by atoms with Crippen LogP contribution in [0.4, 0.5) is 9.18 Å². The standard InChI is InChI=1S/C3H2ClFN2O6/c4-2(8)13-3(1-5,6(9)10)7(11)12/h1H2. The van der Waals surface area contributed by atoms with Crippen LogP contribution in [0, 0.1) is 20.2 Å². The summed E-state index contributed by atoms with van der Waals surface area (Å²) in [6.07, 6.45) is 0. The van der Waals surface area contributed by atoms with Gasteiger partial charge in [-0.3, -0.25) is 20.2 Å². The Morgan fingerprint density at radius 3 is 1.92 bits per heavy atom. The highest BCUT2D eigenvalue weighted by molar-refractivity contribution is 6.61. The van der Waals surface area contributed by atoms with Crippen LogP contribution in [0.2, 0.25) is 0 Å². The van der Waals surface area contributed by atoms with Crippen LogP contribution in [0.15, 0.2) is 0 Å². The van der Waals surface area contributed by atoms with Crippen LogP contribution in [0.1, 0.15) is 0 Å². The molecule has 0 aromatic carbocycles. The predicted octanol–water partition coefficient (Wildman–Crippen LogP) is 0.538. The van der Waals surface area contributed by atoms with Crippen molar-refractivity contribution < 1.29 is 23.8 Å². The first kappa shape index (κ1) is 11.5. The number of alkyl halides is 1. The van der Waals surface area contributed by atoms with Crippen molar-refractivity contribution >= 4 is 17.0 Å². The van der Waals surface area contributed by atoms with E-state index < -0.39 is 27.8 Å². The molecule has 0 aromatic heterocycles. The minimum absolute atomic E-state index is 1.69. The molecule has 0 heterocycles. The first-order valence-corrected chi connectivity index (χ1v) is 2.98. The van der Waals surface area contributed by atoms with E-state index in [2.05, 4.69) is 16.3 Å². The molecule has 0 radical (unpaired) electrons. The fourth-order valence-electron chi connectivity index (χ4n) is 0.395. The van der Waals surface area contributed by atoms with E-state index in [-0.39, 0.29) is 0 Å². The Hall–Kier alpha value is -1.51. The monoisotopic (exact) mass is 216 g/mol. The molecule has 0 aliphatic carbocycles. The van der Waals surface area contributed by atoms with Gasteiger partial charge in [-0.1, -0.05) is 0 Å². The third-order valence-corrected chi connectivity index (χ3v) is 1.07. The summed E-state index contributed by atoms with van der Waals surface area (Å²) in [6.45, 7) is -2.11. The molecule has 0 unspecified atom stereocenters. The minimum atomic E-state index is -3.64. The molecular formula is C3H2ClFN2O6. The first-order valence-electron chi connectivity index (χ1n) is 2.60. The van der Waals surface area contributed by atoms with Crippen LogP contribution in [0.5, 0.6) is 0 Å². The molecule has 0 N–H and O–H groups in total. The molecule has 0 aliphatic heterocycles. The average molecular weight is 217 g/mol. The molecule has 0 fully saturated rings. The quantitative estimate of drug-likeness (QED) is 0.293. The number of halogens is 2. The van der Waals surface area contributed by atoms with Gasteiger partial charge in [0.15, 0.2) is 0 Å². The number of rotatable bonds is 4. The smallest absolute Gasteiger partial charge is 0.321 e. The summed E-state index contributed by atoms with van der Waals surface area (Å²) in [5.74, 6) is -3.64. The second-order valence-electron chi connectivity index (χ2n) is 1.73. The molecule has 13 heavy (non-hydrogen) atoms. The van der Waals surface area contributed by atoms with Crippen LogP contribution >= 0.6 is 11.6 Å². The maximum Gasteiger partial charge on any atom is 0.651 e. The van der Waals surface area contributed by atoms with Crippen molar-refractivity contribution in [2.75, 3.05) is 6.67 Å². The molecule has 0 bridgehead atoms. The number of hydrogen-bond acceptors (Lipinski definition) is 6. The Morgan fingerprint density at radius 1 is 1.46 bits per heavy atom. The largest absolute Gasteiger partial charge is 0.651 e. The van der Waals surface area contributed by atoms with E-state index in [1.807, 2.05) is 0 Å². The zero-order chi connectivity index (χ0) is 10.6. The number of nitro groups is 2. The topological polar surface area (TPSA) is 113 Å². The van der Waals surface area contributed by atoms with Gasteiger partial charge in [0.2, 0.25) is 0 Å². The number of nitrogens with zero attached hydrogens (tertiary/aromatic N) is 2. The summed E-state index contributed by atoms with van der Waals surface area (Å²) >= 11 is 4.49. The average Bonchev–Trinajstić information content (AvgIpc) is 1.98. The SMILES string of the molecule is O=C(Cl)OC(CF)([N+](=O)[O-])[N+](=O)[O-]. The fourth-order valence-corrected chi connectivity index (χ4v) is 0.518. The Morgan fingerprint density at radius 2 is 1.85 bits per heavy atom. The van der Waals surface area contributed by atoms with Gasteiger partial charge in [-0.05, 0) is 0 Å².